The molecule has 1 saturated heterocycles. The molecule has 1 saturated carbocycles. The van der Waals surface area contributed by atoms with E-state index in [1.54, 1.807) is 11.3 Å². The van der Waals surface area contributed by atoms with Crippen LogP contribution in [-0.4, -0.2) is 19.0 Å². The van der Waals surface area contributed by atoms with E-state index in [2.05, 4.69) is 22.1 Å². The van der Waals surface area contributed by atoms with Gasteiger partial charge in [-0.25, -0.2) is 0 Å². The fourth-order valence-electron chi connectivity index (χ4n) is 3.87. The molecule has 1 amide bonds. The van der Waals surface area contributed by atoms with Crippen LogP contribution in [0.4, 0.5) is 0 Å². The van der Waals surface area contributed by atoms with Gasteiger partial charge < -0.3 is 10.6 Å². The van der Waals surface area contributed by atoms with Crippen LogP contribution in [0, 0.1) is 11.3 Å². The Morgan fingerprint density at radius 2 is 2.00 bits per heavy atom. The highest BCUT2D eigenvalue weighted by molar-refractivity contribution is 7.10. The van der Waals surface area contributed by atoms with Gasteiger partial charge in [0, 0.05) is 15.8 Å². The van der Waals surface area contributed by atoms with E-state index in [1.807, 2.05) is 30.3 Å². The van der Waals surface area contributed by atoms with Gasteiger partial charge in [0.25, 0.3) is 0 Å². The molecule has 126 valence electrons. The van der Waals surface area contributed by atoms with Crippen molar-refractivity contribution in [3.63, 3.8) is 0 Å². The Labute approximate surface area is 151 Å². The van der Waals surface area contributed by atoms with Crippen molar-refractivity contribution in [1.29, 1.82) is 0 Å². The van der Waals surface area contributed by atoms with Crippen LogP contribution in [0.2, 0.25) is 5.02 Å². The van der Waals surface area contributed by atoms with E-state index in [9.17, 15) is 4.79 Å². The minimum atomic E-state index is -0.0888. The summed E-state index contributed by atoms with van der Waals surface area (Å²) >= 11 is 7.69. The van der Waals surface area contributed by atoms with Crippen LogP contribution in [0.5, 0.6) is 0 Å². The molecule has 2 aliphatic rings. The first-order chi connectivity index (χ1) is 11.7. The lowest BCUT2D eigenvalue weighted by Gasteiger charge is -2.24. The first kappa shape index (κ1) is 16.1. The molecule has 2 N–H and O–H groups in total. The van der Waals surface area contributed by atoms with Crippen LogP contribution >= 0.6 is 22.9 Å². The lowest BCUT2D eigenvalue weighted by Crippen LogP contribution is -2.35. The van der Waals surface area contributed by atoms with E-state index < -0.39 is 0 Å². The van der Waals surface area contributed by atoms with Crippen molar-refractivity contribution in [3.8, 4) is 0 Å². The zero-order valence-electron chi connectivity index (χ0n) is 13.4. The molecule has 1 spiro atoms. The number of hydrogen-bond acceptors (Lipinski definition) is 3. The molecule has 1 aromatic heterocycles. The Bertz CT molecular complexity index is 707. The number of carbonyl (C=O) groups excluding carboxylic acids is 1. The van der Waals surface area contributed by atoms with E-state index in [0.29, 0.717) is 5.02 Å². The van der Waals surface area contributed by atoms with Gasteiger partial charge in [-0.05, 0) is 66.9 Å². The Hall–Kier alpha value is -1.36. The van der Waals surface area contributed by atoms with E-state index in [1.165, 1.54) is 0 Å². The minimum absolute atomic E-state index is 0.0888. The van der Waals surface area contributed by atoms with Crippen LogP contribution in [0.1, 0.15) is 35.7 Å². The first-order valence-corrected chi connectivity index (χ1v) is 9.74. The average Bonchev–Trinajstić information content (AvgIpc) is 3.04. The molecule has 2 aromatic rings. The number of halogens is 1. The summed E-state index contributed by atoms with van der Waals surface area (Å²) in [5.41, 5.74) is 1.34. The number of amides is 1. The van der Waals surface area contributed by atoms with Crippen molar-refractivity contribution >= 4 is 28.8 Å². The summed E-state index contributed by atoms with van der Waals surface area (Å²) < 4.78 is 0. The summed E-state index contributed by atoms with van der Waals surface area (Å²) in [6.45, 7) is 2.07. The molecule has 2 heterocycles. The summed E-state index contributed by atoms with van der Waals surface area (Å²) in [4.78, 5) is 14.0. The highest BCUT2D eigenvalue weighted by Crippen LogP contribution is 2.58. The van der Waals surface area contributed by atoms with Crippen molar-refractivity contribution in [2.45, 2.75) is 25.3 Å². The predicted molar refractivity (Wildman–Crippen MR) is 98.4 cm³/mol. The van der Waals surface area contributed by atoms with Gasteiger partial charge in [0.15, 0.2) is 0 Å². The molecular formula is C19H21ClN2OS. The molecule has 1 aliphatic carbocycles. The largest absolute Gasteiger partial charge is 0.344 e. The van der Waals surface area contributed by atoms with Crippen molar-refractivity contribution in [3.05, 3.63) is 57.2 Å². The Morgan fingerprint density at radius 3 is 2.67 bits per heavy atom. The molecule has 2 atom stereocenters. The maximum atomic E-state index is 12.9. The third-order valence-electron chi connectivity index (χ3n) is 5.42. The molecular weight excluding hydrogens is 340 g/mol. The van der Waals surface area contributed by atoms with Crippen molar-refractivity contribution < 1.29 is 4.79 Å². The summed E-state index contributed by atoms with van der Waals surface area (Å²) in [5, 5.41) is 9.45. The Morgan fingerprint density at radius 1 is 1.25 bits per heavy atom. The monoisotopic (exact) mass is 360 g/mol. The van der Waals surface area contributed by atoms with Crippen LogP contribution in [0.3, 0.4) is 0 Å². The van der Waals surface area contributed by atoms with Gasteiger partial charge >= 0.3 is 0 Å². The van der Waals surface area contributed by atoms with Gasteiger partial charge in [-0.3, -0.25) is 4.79 Å². The van der Waals surface area contributed by atoms with Gasteiger partial charge in [0.05, 0.1) is 6.04 Å². The topological polar surface area (TPSA) is 41.1 Å². The number of rotatable bonds is 4. The zero-order valence-corrected chi connectivity index (χ0v) is 15.0. The van der Waals surface area contributed by atoms with Crippen LogP contribution in [0.25, 0.3) is 0 Å². The van der Waals surface area contributed by atoms with Crippen LogP contribution in [0.15, 0.2) is 41.8 Å². The summed E-state index contributed by atoms with van der Waals surface area (Å²) in [6, 6.07) is 11.8. The maximum absolute atomic E-state index is 12.9. The standard InChI is InChI=1S/C19H21ClN2OS/c20-14-5-3-13(4-6-14)17(16-2-1-11-24-16)22-18(23)15-12-19(15)7-9-21-10-8-19/h1-6,11,15,17,21H,7-10,12H2,(H,22,23). The second-order valence-corrected chi connectivity index (χ2v) is 8.29. The highest BCUT2D eigenvalue weighted by atomic mass is 35.5. The molecule has 2 fully saturated rings. The maximum Gasteiger partial charge on any atom is 0.224 e. The molecule has 2 unspecified atom stereocenters. The summed E-state index contributed by atoms with van der Waals surface area (Å²) in [6.07, 6.45) is 3.28. The SMILES string of the molecule is O=C(NC(c1ccc(Cl)cc1)c1cccs1)C1CC12CCNCC2. The molecule has 0 bridgehead atoms. The predicted octanol–water partition coefficient (Wildman–Crippen LogP) is 4.00. The normalized spacial score (nSPS) is 23.0. The number of benzene rings is 1. The van der Waals surface area contributed by atoms with E-state index in [-0.39, 0.29) is 23.3 Å². The lowest BCUT2D eigenvalue weighted by atomic mass is 9.91. The molecule has 5 heteroatoms. The van der Waals surface area contributed by atoms with Crippen molar-refractivity contribution in [2.75, 3.05) is 13.1 Å². The number of piperidine rings is 1. The minimum Gasteiger partial charge on any atom is -0.344 e. The summed E-state index contributed by atoms with van der Waals surface area (Å²) in [5.74, 6) is 0.375. The molecule has 1 aromatic carbocycles. The van der Waals surface area contributed by atoms with Crippen LogP contribution < -0.4 is 10.6 Å². The number of carbonyl (C=O) groups is 1. The van der Waals surface area contributed by atoms with E-state index >= 15 is 0 Å². The van der Waals surface area contributed by atoms with Gasteiger partial charge in [0.2, 0.25) is 5.91 Å². The quantitative estimate of drug-likeness (QED) is 0.865. The second kappa shape index (κ2) is 6.51. The molecule has 24 heavy (non-hydrogen) atoms. The average molecular weight is 361 g/mol. The first-order valence-electron chi connectivity index (χ1n) is 8.48. The summed E-state index contributed by atoms with van der Waals surface area (Å²) in [7, 11) is 0. The van der Waals surface area contributed by atoms with Gasteiger partial charge in [-0.2, -0.15) is 0 Å². The van der Waals surface area contributed by atoms with Gasteiger partial charge in [-0.15, -0.1) is 11.3 Å². The second-order valence-electron chi connectivity index (χ2n) is 6.88. The Kier molecular flexibility index (Phi) is 4.37. The van der Waals surface area contributed by atoms with E-state index in [0.717, 1.165) is 42.8 Å². The highest BCUT2D eigenvalue weighted by Gasteiger charge is 2.57. The fraction of sp³-hybridized carbons (Fsp3) is 0.421. The third-order valence-corrected chi connectivity index (χ3v) is 6.61. The van der Waals surface area contributed by atoms with E-state index in [4.69, 9.17) is 11.6 Å². The van der Waals surface area contributed by atoms with Crippen LogP contribution in [-0.2, 0) is 4.79 Å². The molecule has 1 aliphatic heterocycles. The Balaban J connectivity index is 1.52. The third kappa shape index (κ3) is 3.10. The zero-order chi connectivity index (χ0) is 16.6. The van der Waals surface area contributed by atoms with Crippen molar-refractivity contribution in [2.24, 2.45) is 11.3 Å². The lowest BCUT2D eigenvalue weighted by molar-refractivity contribution is -0.123. The fourth-order valence-corrected chi connectivity index (χ4v) is 4.80. The molecule has 4 rings (SSSR count). The number of thiophene rings is 1. The number of nitrogens with one attached hydrogen (secondary N) is 2. The molecule has 3 nitrogen and oxygen atoms in total. The van der Waals surface area contributed by atoms with Gasteiger partial charge in [0.1, 0.15) is 0 Å². The smallest absolute Gasteiger partial charge is 0.224 e. The van der Waals surface area contributed by atoms with Gasteiger partial charge in [-0.1, -0.05) is 29.8 Å². The molecule has 0 radical (unpaired) electrons. The number of hydrogen-bond donors (Lipinski definition) is 2. The van der Waals surface area contributed by atoms with Crippen molar-refractivity contribution in [1.82, 2.24) is 10.6 Å².